The number of carbonyl (C=O) groups is 2. The van der Waals surface area contributed by atoms with Crippen molar-refractivity contribution < 1.29 is 14.3 Å². The summed E-state index contributed by atoms with van der Waals surface area (Å²) in [5, 5.41) is 1.87. The van der Waals surface area contributed by atoms with E-state index in [1.165, 1.54) is 0 Å². The Bertz CT molecular complexity index is 1200. The Morgan fingerprint density at radius 2 is 1.76 bits per heavy atom. The maximum Gasteiger partial charge on any atom is 0.290 e. The molecule has 0 spiro atoms. The number of anilines is 2. The summed E-state index contributed by atoms with van der Waals surface area (Å²) in [5.41, 5.74) is 1.58. The second-order valence-electron chi connectivity index (χ2n) is 7.38. The number of aromatic nitrogens is 3. The molecule has 2 aliphatic rings. The number of hydrogen-bond donors (Lipinski definition) is 1. The van der Waals surface area contributed by atoms with E-state index in [0.29, 0.717) is 36.4 Å². The van der Waals surface area contributed by atoms with Crippen molar-refractivity contribution in [1.29, 1.82) is 0 Å². The van der Waals surface area contributed by atoms with E-state index in [4.69, 9.17) is 4.74 Å². The third-order valence-electron chi connectivity index (χ3n) is 5.17. The number of amides is 2. The van der Waals surface area contributed by atoms with E-state index >= 15 is 0 Å². The lowest BCUT2D eigenvalue weighted by Crippen LogP contribution is -2.47. The fourth-order valence-electron chi connectivity index (χ4n) is 3.57. The molecule has 166 valence electrons. The van der Waals surface area contributed by atoms with Gasteiger partial charge < -0.3 is 14.5 Å². The predicted molar refractivity (Wildman–Crippen MR) is 126 cm³/mol. The molecule has 10 heteroatoms. The number of carbonyl (C=O) groups excluding carboxylic acids is 2. The first-order valence-electron chi connectivity index (χ1n) is 10.4. The van der Waals surface area contributed by atoms with Gasteiger partial charge in [0.15, 0.2) is 0 Å². The van der Waals surface area contributed by atoms with Crippen molar-refractivity contribution in [2.75, 3.05) is 36.0 Å². The van der Waals surface area contributed by atoms with E-state index in [9.17, 15) is 9.59 Å². The molecule has 33 heavy (non-hydrogen) atoms. The van der Waals surface area contributed by atoms with Gasteiger partial charge in [-0.2, -0.15) is 4.98 Å². The van der Waals surface area contributed by atoms with Gasteiger partial charge in [0, 0.05) is 38.4 Å². The molecule has 5 rings (SSSR count). The van der Waals surface area contributed by atoms with Gasteiger partial charge in [0.05, 0.1) is 22.5 Å². The predicted octanol–water partition coefficient (Wildman–Crippen LogP) is 3.31. The molecular weight excluding hydrogens is 440 g/mol. The van der Waals surface area contributed by atoms with E-state index in [0.717, 1.165) is 30.5 Å². The SMILES string of the molecule is O=C1NC(=O)/C(=C\c2cc(Oc3ccccc3)nc(N3CCN(c4cccnc4)CC3)n2)S1. The molecule has 1 aromatic carbocycles. The van der Waals surface area contributed by atoms with Crippen LogP contribution in [0, 0.1) is 0 Å². The molecule has 0 saturated carbocycles. The van der Waals surface area contributed by atoms with Gasteiger partial charge in [-0.1, -0.05) is 18.2 Å². The number of piperazine rings is 1. The Labute approximate surface area is 194 Å². The van der Waals surface area contributed by atoms with Crippen molar-refractivity contribution in [2.24, 2.45) is 0 Å². The molecule has 4 heterocycles. The number of benzene rings is 1. The number of rotatable bonds is 5. The number of imide groups is 1. The highest BCUT2D eigenvalue weighted by molar-refractivity contribution is 8.18. The van der Waals surface area contributed by atoms with E-state index in [-0.39, 0.29) is 4.91 Å². The average Bonchev–Trinajstić information content (AvgIpc) is 3.16. The van der Waals surface area contributed by atoms with Crippen molar-refractivity contribution in [2.45, 2.75) is 0 Å². The van der Waals surface area contributed by atoms with Crippen LogP contribution >= 0.6 is 11.8 Å². The van der Waals surface area contributed by atoms with Gasteiger partial charge in [0.1, 0.15) is 5.75 Å². The molecule has 0 aliphatic carbocycles. The van der Waals surface area contributed by atoms with Crippen LogP contribution in [0.4, 0.5) is 16.4 Å². The average molecular weight is 461 g/mol. The Hall–Kier alpha value is -3.92. The van der Waals surface area contributed by atoms with Gasteiger partial charge in [-0.3, -0.25) is 19.9 Å². The summed E-state index contributed by atoms with van der Waals surface area (Å²) in [7, 11) is 0. The molecule has 0 bridgehead atoms. The van der Waals surface area contributed by atoms with E-state index in [1.54, 1.807) is 18.3 Å². The Morgan fingerprint density at radius 3 is 2.45 bits per heavy atom. The molecule has 1 N–H and O–H groups in total. The monoisotopic (exact) mass is 460 g/mol. The van der Waals surface area contributed by atoms with E-state index < -0.39 is 11.1 Å². The lowest BCUT2D eigenvalue weighted by atomic mass is 10.3. The number of nitrogens with one attached hydrogen (secondary N) is 1. The van der Waals surface area contributed by atoms with Crippen LogP contribution in [0.1, 0.15) is 5.69 Å². The summed E-state index contributed by atoms with van der Waals surface area (Å²) in [6, 6.07) is 15.0. The highest BCUT2D eigenvalue weighted by Crippen LogP contribution is 2.28. The summed E-state index contributed by atoms with van der Waals surface area (Å²) < 4.78 is 5.95. The lowest BCUT2D eigenvalue weighted by molar-refractivity contribution is -0.115. The summed E-state index contributed by atoms with van der Waals surface area (Å²) in [4.78, 5) is 41.6. The zero-order valence-electron chi connectivity index (χ0n) is 17.5. The molecule has 9 nitrogen and oxygen atoms in total. The summed E-state index contributed by atoms with van der Waals surface area (Å²) in [6.07, 6.45) is 5.20. The van der Waals surface area contributed by atoms with Crippen LogP contribution in [0.3, 0.4) is 0 Å². The van der Waals surface area contributed by atoms with Gasteiger partial charge >= 0.3 is 0 Å². The van der Waals surface area contributed by atoms with Crippen molar-refractivity contribution in [3.8, 4) is 11.6 Å². The maximum atomic E-state index is 12.0. The van der Waals surface area contributed by atoms with Gasteiger partial charge in [-0.05, 0) is 42.1 Å². The number of ether oxygens (including phenoxy) is 1. The highest BCUT2D eigenvalue weighted by atomic mass is 32.2. The lowest BCUT2D eigenvalue weighted by Gasteiger charge is -2.36. The Balaban J connectivity index is 1.41. The first-order chi connectivity index (χ1) is 16.1. The third-order valence-corrected chi connectivity index (χ3v) is 5.98. The third kappa shape index (κ3) is 4.96. The highest BCUT2D eigenvalue weighted by Gasteiger charge is 2.26. The molecule has 2 aromatic heterocycles. The number of thioether (sulfide) groups is 1. The maximum absolute atomic E-state index is 12.0. The second-order valence-corrected chi connectivity index (χ2v) is 8.40. The number of nitrogens with zero attached hydrogens (tertiary/aromatic N) is 5. The summed E-state index contributed by atoms with van der Waals surface area (Å²) >= 11 is 0.852. The van der Waals surface area contributed by atoms with Crippen LogP contribution in [0.25, 0.3) is 6.08 Å². The summed E-state index contributed by atoms with van der Waals surface area (Å²) in [5.74, 6) is 1.09. The largest absolute Gasteiger partial charge is 0.439 e. The van der Waals surface area contributed by atoms with E-state index in [2.05, 4.69) is 30.1 Å². The van der Waals surface area contributed by atoms with Crippen molar-refractivity contribution >= 4 is 40.6 Å². The van der Waals surface area contributed by atoms with Crippen LogP contribution in [0.5, 0.6) is 11.6 Å². The fourth-order valence-corrected chi connectivity index (χ4v) is 4.23. The molecule has 0 radical (unpaired) electrons. The second kappa shape index (κ2) is 9.29. The molecule has 2 saturated heterocycles. The topological polar surface area (TPSA) is 101 Å². The minimum absolute atomic E-state index is 0.289. The van der Waals surface area contributed by atoms with Gasteiger partial charge in [0.2, 0.25) is 11.8 Å². The molecule has 2 fully saturated rings. The van der Waals surface area contributed by atoms with Crippen LogP contribution in [-0.2, 0) is 4.79 Å². The number of para-hydroxylation sites is 1. The normalized spacial score (nSPS) is 17.4. The van der Waals surface area contributed by atoms with Gasteiger partial charge in [0.25, 0.3) is 11.1 Å². The Morgan fingerprint density at radius 1 is 0.970 bits per heavy atom. The van der Waals surface area contributed by atoms with Crippen LogP contribution < -0.4 is 19.9 Å². The molecule has 0 atom stereocenters. The minimum atomic E-state index is -0.430. The van der Waals surface area contributed by atoms with E-state index in [1.807, 2.05) is 48.7 Å². The quantitative estimate of drug-likeness (QED) is 0.575. The van der Waals surface area contributed by atoms with Crippen molar-refractivity contribution in [1.82, 2.24) is 20.3 Å². The van der Waals surface area contributed by atoms with Crippen LogP contribution in [-0.4, -0.2) is 52.3 Å². The van der Waals surface area contributed by atoms with Crippen molar-refractivity contribution in [3.63, 3.8) is 0 Å². The first kappa shape index (κ1) is 21.0. The minimum Gasteiger partial charge on any atom is -0.439 e. The number of hydrogen-bond acceptors (Lipinski definition) is 9. The molecular formula is C23H20N6O3S. The molecule has 0 unspecified atom stereocenters. The standard InChI is InChI=1S/C23H20N6O3S/c30-21-19(33-23(31)27-21)13-16-14-20(32-18-6-2-1-3-7-18)26-22(25-16)29-11-9-28(10-12-29)17-5-4-8-24-15-17/h1-8,13-15H,9-12H2,(H,27,30,31)/b19-13+. The fraction of sp³-hybridized carbons (Fsp3) is 0.174. The van der Waals surface area contributed by atoms with Crippen LogP contribution in [0.2, 0.25) is 0 Å². The molecule has 2 amide bonds. The number of pyridine rings is 1. The first-order valence-corrected chi connectivity index (χ1v) is 11.2. The van der Waals surface area contributed by atoms with Gasteiger partial charge in [-0.25, -0.2) is 4.98 Å². The van der Waals surface area contributed by atoms with Crippen molar-refractivity contribution in [3.05, 3.63) is 71.5 Å². The molecule has 3 aromatic rings. The smallest absolute Gasteiger partial charge is 0.290 e. The molecule has 2 aliphatic heterocycles. The zero-order valence-corrected chi connectivity index (χ0v) is 18.4. The Kier molecular flexibility index (Phi) is 5.90. The van der Waals surface area contributed by atoms with Gasteiger partial charge in [-0.15, -0.1) is 0 Å². The summed E-state index contributed by atoms with van der Waals surface area (Å²) in [6.45, 7) is 3.02. The van der Waals surface area contributed by atoms with Crippen LogP contribution in [0.15, 0.2) is 65.8 Å². The zero-order chi connectivity index (χ0) is 22.6.